The van der Waals surface area contributed by atoms with Crippen molar-refractivity contribution in [2.45, 2.75) is 37.8 Å². The average molecular weight is 459 g/mol. The second-order valence-electron chi connectivity index (χ2n) is 9.28. The van der Waals surface area contributed by atoms with E-state index in [-0.39, 0.29) is 17.9 Å². The van der Waals surface area contributed by atoms with Crippen LogP contribution < -0.4 is 10.2 Å². The number of benzene rings is 2. The Hall–Kier alpha value is -3.65. The average Bonchev–Trinajstić information content (AvgIpc) is 3.55. The summed E-state index contributed by atoms with van der Waals surface area (Å²) in [5.41, 5.74) is 2.20. The van der Waals surface area contributed by atoms with E-state index in [2.05, 4.69) is 10.3 Å². The van der Waals surface area contributed by atoms with Gasteiger partial charge in [-0.2, -0.15) is 0 Å². The molecule has 0 saturated carbocycles. The molecule has 8 heteroatoms. The highest BCUT2D eigenvalue weighted by molar-refractivity contribution is 6.25. The van der Waals surface area contributed by atoms with Gasteiger partial charge in [-0.15, -0.1) is 0 Å². The summed E-state index contributed by atoms with van der Waals surface area (Å²) in [6.45, 7) is 3.33. The highest BCUT2D eigenvalue weighted by atomic mass is 16.5. The maximum atomic E-state index is 13.9. The number of carbonyl (C=O) groups excluding carboxylic acids is 3. The zero-order valence-corrected chi connectivity index (χ0v) is 19.0. The number of rotatable bonds is 4. The molecule has 3 aromatic rings. The molecule has 2 fully saturated rings. The first-order chi connectivity index (χ1) is 16.5. The molecule has 174 valence electrons. The van der Waals surface area contributed by atoms with E-state index in [4.69, 9.17) is 4.74 Å². The second-order valence-corrected chi connectivity index (χ2v) is 9.28. The molecule has 2 saturated heterocycles. The predicted octanol–water partition coefficient (Wildman–Crippen LogP) is 3.32. The predicted molar refractivity (Wildman–Crippen MR) is 127 cm³/mol. The first-order valence-electron chi connectivity index (χ1n) is 11.7. The summed E-state index contributed by atoms with van der Waals surface area (Å²) in [5, 5.41) is 3.98. The van der Waals surface area contributed by atoms with Crippen molar-refractivity contribution in [3.05, 3.63) is 65.4 Å². The quantitative estimate of drug-likeness (QED) is 0.587. The number of urea groups is 1. The molecular weight excluding hydrogens is 432 g/mol. The molecule has 0 bridgehead atoms. The summed E-state index contributed by atoms with van der Waals surface area (Å²) < 4.78 is 5.60. The topological polar surface area (TPSA) is 94.7 Å². The number of aromatic amines is 1. The van der Waals surface area contributed by atoms with Crippen LogP contribution in [0, 0.1) is 0 Å². The van der Waals surface area contributed by atoms with E-state index in [1.165, 1.54) is 4.90 Å². The number of fused-ring (bicyclic) bond motifs is 5. The molecular formula is C26H26N4O4. The number of hydrogen-bond acceptors (Lipinski definition) is 4. The number of nitrogens with zero attached hydrogens (tertiary/aromatic N) is 2. The van der Waals surface area contributed by atoms with Crippen molar-refractivity contribution in [3.8, 4) is 0 Å². The molecule has 2 aromatic carbocycles. The number of amides is 4. The van der Waals surface area contributed by atoms with Gasteiger partial charge in [0.05, 0.1) is 23.0 Å². The minimum absolute atomic E-state index is 0.000476. The number of carbonyl (C=O) groups is 3. The Bertz CT molecular complexity index is 1330. The van der Waals surface area contributed by atoms with E-state index in [0.29, 0.717) is 37.4 Å². The summed E-state index contributed by atoms with van der Waals surface area (Å²) in [6.07, 6.45) is 2.55. The third-order valence-electron chi connectivity index (χ3n) is 7.37. The van der Waals surface area contributed by atoms with Crippen LogP contribution >= 0.6 is 0 Å². The normalized spacial score (nSPS) is 24.0. The number of anilines is 1. The van der Waals surface area contributed by atoms with Crippen LogP contribution in [0.1, 0.15) is 41.4 Å². The second kappa shape index (κ2) is 7.70. The van der Waals surface area contributed by atoms with Gasteiger partial charge in [0, 0.05) is 30.6 Å². The highest BCUT2D eigenvalue weighted by Gasteiger charge is 2.59. The van der Waals surface area contributed by atoms with Crippen molar-refractivity contribution >= 4 is 34.4 Å². The van der Waals surface area contributed by atoms with Crippen LogP contribution in [0.3, 0.4) is 0 Å². The van der Waals surface area contributed by atoms with Crippen LogP contribution in [0.25, 0.3) is 10.9 Å². The maximum Gasteiger partial charge on any atom is 0.332 e. The number of aromatic nitrogens is 1. The molecule has 3 aliphatic rings. The lowest BCUT2D eigenvalue weighted by atomic mass is 9.87. The minimum Gasteiger partial charge on any atom is -0.376 e. The molecule has 4 amide bonds. The van der Waals surface area contributed by atoms with Crippen LogP contribution in [0.2, 0.25) is 0 Å². The van der Waals surface area contributed by atoms with E-state index < -0.39 is 11.6 Å². The van der Waals surface area contributed by atoms with Gasteiger partial charge >= 0.3 is 6.03 Å². The van der Waals surface area contributed by atoms with E-state index in [0.717, 1.165) is 35.0 Å². The van der Waals surface area contributed by atoms with Gasteiger partial charge < -0.3 is 19.9 Å². The zero-order valence-electron chi connectivity index (χ0n) is 19.0. The Morgan fingerprint density at radius 2 is 1.97 bits per heavy atom. The summed E-state index contributed by atoms with van der Waals surface area (Å²) in [6, 6.07) is 14.3. The van der Waals surface area contributed by atoms with Gasteiger partial charge in [-0.25, -0.2) is 9.69 Å². The first kappa shape index (κ1) is 20.9. The molecule has 34 heavy (non-hydrogen) atoms. The van der Waals surface area contributed by atoms with Crippen molar-refractivity contribution in [3.63, 3.8) is 0 Å². The van der Waals surface area contributed by atoms with Gasteiger partial charge in [0.1, 0.15) is 0 Å². The molecule has 4 heterocycles. The van der Waals surface area contributed by atoms with Crippen LogP contribution in [0.4, 0.5) is 10.5 Å². The molecule has 6 rings (SSSR count). The molecule has 3 aliphatic heterocycles. The minimum atomic E-state index is -1.16. The number of ether oxygens (including phenoxy) is 1. The van der Waals surface area contributed by atoms with Crippen LogP contribution in [0.15, 0.2) is 48.5 Å². The molecule has 2 N–H and O–H groups in total. The van der Waals surface area contributed by atoms with Gasteiger partial charge in [0.15, 0.2) is 5.54 Å². The van der Waals surface area contributed by atoms with Gasteiger partial charge in [-0.1, -0.05) is 30.3 Å². The van der Waals surface area contributed by atoms with Crippen molar-refractivity contribution in [1.29, 1.82) is 0 Å². The molecule has 8 nitrogen and oxygen atoms in total. The van der Waals surface area contributed by atoms with E-state index in [1.54, 1.807) is 36.1 Å². The Morgan fingerprint density at radius 3 is 2.79 bits per heavy atom. The highest BCUT2D eigenvalue weighted by Crippen LogP contribution is 2.45. The number of para-hydroxylation sites is 2. The molecule has 0 spiro atoms. The Balaban J connectivity index is 1.37. The van der Waals surface area contributed by atoms with Crippen molar-refractivity contribution in [1.82, 2.24) is 15.2 Å². The number of imide groups is 1. The first-order valence-corrected chi connectivity index (χ1v) is 11.7. The van der Waals surface area contributed by atoms with Crippen LogP contribution in [-0.2, 0) is 21.5 Å². The fourth-order valence-corrected chi connectivity index (χ4v) is 5.57. The summed E-state index contributed by atoms with van der Waals surface area (Å²) in [4.78, 5) is 46.8. The van der Waals surface area contributed by atoms with E-state index >= 15 is 0 Å². The van der Waals surface area contributed by atoms with Crippen molar-refractivity contribution in [2.24, 2.45) is 0 Å². The number of nitrogens with one attached hydrogen (secondary N) is 2. The lowest BCUT2D eigenvalue weighted by molar-refractivity contribution is -0.125. The summed E-state index contributed by atoms with van der Waals surface area (Å²) in [7, 11) is 0. The third-order valence-corrected chi connectivity index (χ3v) is 7.37. The smallest absolute Gasteiger partial charge is 0.332 e. The molecule has 2 atom stereocenters. The summed E-state index contributed by atoms with van der Waals surface area (Å²) in [5.74, 6) is -0.683. The fourth-order valence-electron chi connectivity index (χ4n) is 5.57. The summed E-state index contributed by atoms with van der Waals surface area (Å²) >= 11 is 0. The van der Waals surface area contributed by atoms with E-state index in [1.807, 2.05) is 24.3 Å². The monoisotopic (exact) mass is 458 g/mol. The maximum absolute atomic E-state index is 13.9. The van der Waals surface area contributed by atoms with Gasteiger partial charge in [0.25, 0.3) is 11.8 Å². The Morgan fingerprint density at radius 1 is 1.18 bits per heavy atom. The number of H-pyrrole nitrogens is 1. The van der Waals surface area contributed by atoms with Gasteiger partial charge in [-0.05, 0) is 49.9 Å². The van der Waals surface area contributed by atoms with Crippen molar-refractivity contribution < 1.29 is 19.1 Å². The molecule has 0 radical (unpaired) electrons. The largest absolute Gasteiger partial charge is 0.376 e. The van der Waals surface area contributed by atoms with Gasteiger partial charge in [-0.3, -0.25) is 9.59 Å². The lowest BCUT2D eigenvalue weighted by Gasteiger charge is -2.35. The standard InChI is InChI=1S/C26H26N4O4/c1-26-22-18(17-8-2-4-10-20(17)28-22)12-13-29(26)25(33)30(24(26)32)21-11-5-3-9-19(21)23(31)27-15-16-7-6-14-34-16/h2-5,8-11,16,28H,6-7,12-15H2,1H3,(H,27,31)/t16-,26-/m0/s1. The zero-order chi connectivity index (χ0) is 23.4. The Kier molecular flexibility index (Phi) is 4.74. The molecule has 0 unspecified atom stereocenters. The SMILES string of the molecule is C[C@]12C(=O)N(c3ccccc3C(=O)NC[C@@H]3CCCO3)C(=O)N1CCc1c2[nH]c2ccccc12. The fraction of sp³-hybridized carbons (Fsp3) is 0.346. The van der Waals surface area contributed by atoms with Crippen molar-refractivity contribution in [2.75, 3.05) is 24.6 Å². The van der Waals surface area contributed by atoms with Gasteiger partial charge in [0.2, 0.25) is 0 Å². The number of hydrogen-bond donors (Lipinski definition) is 2. The van der Waals surface area contributed by atoms with E-state index in [9.17, 15) is 14.4 Å². The third kappa shape index (κ3) is 2.91. The lowest BCUT2D eigenvalue weighted by Crippen LogP contribution is -2.49. The molecule has 0 aliphatic carbocycles. The van der Waals surface area contributed by atoms with Crippen LogP contribution in [0.5, 0.6) is 0 Å². The van der Waals surface area contributed by atoms with Crippen LogP contribution in [-0.4, -0.2) is 53.5 Å². The molecule has 1 aromatic heterocycles. The Labute approximate surface area is 196 Å².